The van der Waals surface area contributed by atoms with Crippen LogP contribution in [-0.4, -0.2) is 76.3 Å². The van der Waals surface area contributed by atoms with Crippen LogP contribution in [0.3, 0.4) is 0 Å². The minimum absolute atomic E-state index is 0.0315. The summed E-state index contributed by atoms with van der Waals surface area (Å²) in [5, 5.41) is 18.1. The third kappa shape index (κ3) is 7.00. The summed E-state index contributed by atoms with van der Waals surface area (Å²) in [5.74, 6) is -3.13. The van der Waals surface area contributed by atoms with Gasteiger partial charge in [0.1, 0.15) is 12.1 Å². The summed E-state index contributed by atoms with van der Waals surface area (Å²) < 4.78 is 0. The van der Waals surface area contributed by atoms with Crippen molar-refractivity contribution in [3.63, 3.8) is 0 Å². The fourth-order valence-corrected chi connectivity index (χ4v) is 4.34. The van der Waals surface area contributed by atoms with Crippen molar-refractivity contribution >= 4 is 29.6 Å². The van der Waals surface area contributed by atoms with Gasteiger partial charge in [-0.3, -0.25) is 39.2 Å². The average molecular weight is 524 g/mol. The van der Waals surface area contributed by atoms with E-state index in [0.29, 0.717) is 6.42 Å². The Balaban J connectivity index is 1.71. The molecule has 2 aromatic rings. The molecule has 11 heteroatoms. The fourth-order valence-electron chi connectivity index (χ4n) is 4.34. The monoisotopic (exact) mass is 523 g/mol. The summed E-state index contributed by atoms with van der Waals surface area (Å²) in [7, 11) is 1.48. The lowest BCUT2D eigenvalue weighted by molar-refractivity contribution is -0.140. The molecule has 202 valence electrons. The molecule has 11 nitrogen and oxygen atoms in total. The number of nitrogens with zero attached hydrogens (tertiary/aromatic N) is 2. The molecule has 4 amide bonds. The fraction of sp³-hybridized carbons (Fsp3) is 0.407. The maximum Gasteiger partial charge on any atom is 0.320 e. The van der Waals surface area contributed by atoms with Gasteiger partial charge in [-0.1, -0.05) is 44.2 Å². The Morgan fingerprint density at radius 3 is 2.24 bits per heavy atom. The van der Waals surface area contributed by atoms with E-state index in [1.807, 2.05) is 44.2 Å². The highest BCUT2D eigenvalue weighted by atomic mass is 16.4. The van der Waals surface area contributed by atoms with Crippen molar-refractivity contribution < 1.29 is 29.1 Å². The van der Waals surface area contributed by atoms with Crippen LogP contribution in [0.1, 0.15) is 53.0 Å². The van der Waals surface area contributed by atoms with Crippen molar-refractivity contribution in [3.8, 4) is 0 Å². The summed E-state index contributed by atoms with van der Waals surface area (Å²) in [4.78, 5) is 68.0. The van der Waals surface area contributed by atoms with E-state index in [2.05, 4.69) is 20.9 Å². The molecule has 0 radical (unpaired) electrons. The van der Waals surface area contributed by atoms with Gasteiger partial charge in [-0.05, 0) is 30.4 Å². The molecule has 4 N–H and O–H groups in total. The normalized spacial score (nSPS) is 15.1. The number of likely N-dealkylation sites (N-methyl/N-ethyl adjacent to an activating group) is 1. The molecule has 2 heterocycles. The second-order valence-electron chi connectivity index (χ2n) is 9.58. The lowest BCUT2D eigenvalue weighted by Gasteiger charge is -2.27. The van der Waals surface area contributed by atoms with Crippen molar-refractivity contribution in [3.05, 3.63) is 65.5 Å². The second kappa shape index (κ2) is 12.9. The second-order valence-corrected chi connectivity index (χ2v) is 9.58. The molecule has 38 heavy (non-hydrogen) atoms. The first kappa shape index (κ1) is 28.5. The lowest BCUT2D eigenvalue weighted by atomic mass is 10.00. The zero-order valence-electron chi connectivity index (χ0n) is 21.6. The minimum Gasteiger partial charge on any atom is -0.480 e. The number of fused-ring (bicyclic) bond motifs is 1. The number of carbonyl (C=O) groups is 5. The van der Waals surface area contributed by atoms with Crippen LogP contribution in [0.4, 0.5) is 0 Å². The predicted octanol–water partition coefficient (Wildman–Crippen LogP) is 0.999. The number of rotatable bonds is 13. The maximum atomic E-state index is 13.3. The number of aliphatic carboxylic acids is 1. The van der Waals surface area contributed by atoms with Gasteiger partial charge in [0.25, 0.3) is 11.8 Å². The molecule has 0 unspecified atom stereocenters. The molecule has 0 spiro atoms. The summed E-state index contributed by atoms with van der Waals surface area (Å²) in [5.41, 5.74) is 1.25. The molecule has 0 fully saturated rings. The van der Waals surface area contributed by atoms with Crippen molar-refractivity contribution in [1.29, 1.82) is 0 Å². The minimum atomic E-state index is -1.23. The number of aromatic nitrogens is 1. The largest absolute Gasteiger partial charge is 0.480 e. The summed E-state index contributed by atoms with van der Waals surface area (Å²) in [6.07, 6.45) is 3.18. The van der Waals surface area contributed by atoms with E-state index in [9.17, 15) is 29.1 Å². The number of carboxylic acid groups (broad SMARTS) is 1. The van der Waals surface area contributed by atoms with Gasteiger partial charge in [0.15, 0.2) is 0 Å². The number of hydrogen-bond donors (Lipinski definition) is 4. The Morgan fingerprint density at radius 2 is 1.63 bits per heavy atom. The molecule has 0 saturated carbocycles. The average Bonchev–Trinajstić information content (AvgIpc) is 3.14. The molecule has 1 aliphatic heterocycles. The van der Waals surface area contributed by atoms with Crippen LogP contribution in [0.5, 0.6) is 0 Å². The summed E-state index contributed by atoms with van der Waals surface area (Å²) in [6, 6.07) is 7.66. The first-order valence-electron chi connectivity index (χ1n) is 12.5. The number of imide groups is 1. The summed E-state index contributed by atoms with van der Waals surface area (Å²) in [6.45, 7) is 3.64. The number of benzene rings is 1. The zero-order valence-corrected chi connectivity index (χ0v) is 21.6. The van der Waals surface area contributed by atoms with Gasteiger partial charge >= 0.3 is 5.97 Å². The first-order chi connectivity index (χ1) is 18.1. The molecule has 1 aromatic heterocycles. The van der Waals surface area contributed by atoms with E-state index >= 15 is 0 Å². The number of amides is 4. The van der Waals surface area contributed by atoms with Gasteiger partial charge in [-0.2, -0.15) is 0 Å². The number of nitrogens with one attached hydrogen (secondary N) is 3. The Labute approximate surface area is 221 Å². The van der Waals surface area contributed by atoms with Gasteiger partial charge in [0.05, 0.1) is 17.2 Å². The Morgan fingerprint density at radius 1 is 0.947 bits per heavy atom. The van der Waals surface area contributed by atoms with E-state index in [1.165, 1.54) is 25.5 Å². The van der Waals surface area contributed by atoms with E-state index in [0.717, 1.165) is 10.5 Å². The van der Waals surface area contributed by atoms with Gasteiger partial charge in [0.2, 0.25) is 11.8 Å². The first-order valence-corrected chi connectivity index (χ1v) is 12.5. The highest BCUT2D eigenvalue weighted by molar-refractivity contribution is 6.21. The standard InChI is InChI=1S/C27H33N5O6/c1-16(2)13-21(24(34)31-22(23(33)28-3)14-17-7-5-4-6-8-17)30-20(27(37)38)10-12-32-25(35)18-9-11-29-15-19(18)26(32)36/h4-9,11,15-16,20-22,30H,10,12-14H2,1-3H3,(H,28,33)(H,31,34)(H,37,38)/t20-,21+,22+/m1/s1. The van der Waals surface area contributed by atoms with Crippen molar-refractivity contribution in [2.24, 2.45) is 5.92 Å². The number of pyridine rings is 1. The van der Waals surface area contributed by atoms with Crippen LogP contribution >= 0.6 is 0 Å². The smallest absolute Gasteiger partial charge is 0.320 e. The van der Waals surface area contributed by atoms with Crippen LogP contribution in [0.2, 0.25) is 0 Å². The highest BCUT2D eigenvalue weighted by Gasteiger charge is 2.37. The molecule has 1 aliphatic rings. The van der Waals surface area contributed by atoms with Crippen molar-refractivity contribution in [2.45, 2.75) is 51.2 Å². The zero-order chi connectivity index (χ0) is 27.8. The molecule has 3 atom stereocenters. The van der Waals surface area contributed by atoms with Crippen molar-refractivity contribution in [1.82, 2.24) is 25.8 Å². The van der Waals surface area contributed by atoms with Crippen LogP contribution in [0, 0.1) is 5.92 Å². The lowest BCUT2D eigenvalue weighted by Crippen LogP contribution is -2.56. The van der Waals surface area contributed by atoms with Gasteiger partial charge in [-0.15, -0.1) is 0 Å². The SMILES string of the molecule is CNC(=O)[C@H](Cc1ccccc1)NC(=O)[C@H](CC(C)C)N[C@H](CCN1C(=O)c2ccncc2C1=O)C(=O)O. The predicted molar refractivity (Wildman–Crippen MR) is 138 cm³/mol. The molecular weight excluding hydrogens is 490 g/mol. The summed E-state index contributed by atoms with van der Waals surface area (Å²) >= 11 is 0. The number of carbonyl (C=O) groups excluding carboxylic acids is 4. The number of carboxylic acids is 1. The van der Waals surface area contributed by atoms with Crippen LogP contribution in [-0.2, 0) is 20.8 Å². The van der Waals surface area contributed by atoms with Gasteiger partial charge in [-0.25, -0.2) is 0 Å². The molecule has 0 saturated heterocycles. The molecule has 3 rings (SSSR count). The van der Waals surface area contributed by atoms with E-state index < -0.39 is 41.8 Å². The maximum absolute atomic E-state index is 13.3. The van der Waals surface area contributed by atoms with Crippen LogP contribution in [0.15, 0.2) is 48.8 Å². The third-order valence-corrected chi connectivity index (χ3v) is 6.30. The molecule has 1 aromatic carbocycles. The Kier molecular flexibility index (Phi) is 9.66. The molecular formula is C27H33N5O6. The topological polar surface area (TPSA) is 158 Å². The van der Waals surface area contributed by atoms with E-state index in [1.54, 1.807) is 0 Å². The highest BCUT2D eigenvalue weighted by Crippen LogP contribution is 2.22. The Bertz CT molecular complexity index is 1150. The number of hydrogen-bond acceptors (Lipinski definition) is 7. The molecule has 0 bridgehead atoms. The van der Waals surface area contributed by atoms with Gasteiger partial charge in [0, 0.05) is 32.4 Å². The van der Waals surface area contributed by atoms with E-state index in [4.69, 9.17) is 0 Å². The van der Waals surface area contributed by atoms with Crippen LogP contribution in [0.25, 0.3) is 0 Å². The Hall–Kier alpha value is -4.12. The third-order valence-electron chi connectivity index (χ3n) is 6.30. The van der Waals surface area contributed by atoms with Crippen LogP contribution < -0.4 is 16.0 Å². The van der Waals surface area contributed by atoms with Crippen molar-refractivity contribution in [2.75, 3.05) is 13.6 Å². The molecule has 0 aliphatic carbocycles. The van der Waals surface area contributed by atoms with E-state index in [-0.39, 0.29) is 42.3 Å². The quantitative estimate of drug-likeness (QED) is 0.283. The van der Waals surface area contributed by atoms with Gasteiger partial charge < -0.3 is 15.7 Å².